The topological polar surface area (TPSA) is 66.2 Å². The van der Waals surface area contributed by atoms with Crippen LogP contribution in [0.4, 0.5) is 0 Å². The number of hydrogen-bond donors (Lipinski definition) is 3. The molecule has 1 heterocycles. The standard InChI is InChI=1S/C15H20N4/c1-11(2)10-18-15(16)17-8-7-13-9-12-5-3-4-6-14(12)19-13/h3-6,9,19H,1,7-8,10H2,2H3,(H3,16,17,18). The lowest BCUT2D eigenvalue weighted by molar-refractivity contribution is 0.838. The van der Waals surface area contributed by atoms with Crippen molar-refractivity contribution in [3.05, 3.63) is 48.2 Å². The van der Waals surface area contributed by atoms with Crippen LogP contribution in [0, 0.1) is 0 Å². The second-order valence-electron chi connectivity index (χ2n) is 4.72. The maximum Gasteiger partial charge on any atom is 0.188 e. The number of H-pyrrole nitrogens is 1. The number of nitrogens with zero attached hydrogens (tertiary/aromatic N) is 1. The number of nitrogens with two attached hydrogens (primary N) is 1. The number of fused-ring (bicyclic) bond motifs is 1. The van der Waals surface area contributed by atoms with Crippen LogP contribution in [0.5, 0.6) is 0 Å². The van der Waals surface area contributed by atoms with Gasteiger partial charge in [0.25, 0.3) is 0 Å². The SMILES string of the molecule is C=C(C)CN=C(N)NCCc1cc2ccccc2[nH]1. The molecular formula is C15H20N4. The Bertz CT molecular complexity index is 562. The lowest BCUT2D eigenvalue weighted by Gasteiger charge is -2.04. The Morgan fingerprint density at radius 2 is 2.21 bits per heavy atom. The number of benzene rings is 1. The molecular weight excluding hydrogens is 236 g/mol. The molecule has 2 rings (SSSR count). The van der Waals surface area contributed by atoms with Crippen LogP contribution in [0.1, 0.15) is 12.6 Å². The summed E-state index contributed by atoms with van der Waals surface area (Å²) in [6.45, 7) is 7.05. The molecule has 0 aliphatic heterocycles. The average molecular weight is 256 g/mol. The predicted octanol–water partition coefficient (Wildman–Crippen LogP) is 2.19. The Morgan fingerprint density at radius 1 is 1.42 bits per heavy atom. The van der Waals surface area contributed by atoms with Crippen LogP contribution in [-0.4, -0.2) is 24.0 Å². The Balaban J connectivity index is 1.85. The molecule has 0 spiro atoms. The molecule has 0 saturated carbocycles. The maximum absolute atomic E-state index is 5.75. The second kappa shape index (κ2) is 6.09. The monoisotopic (exact) mass is 256 g/mol. The third-order valence-electron chi connectivity index (χ3n) is 2.81. The first-order valence-electron chi connectivity index (χ1n) is 6.40. The molecule has 1 aromatic heterocycles. The Kier molecular flexibility index (Phi) is 4.23. The van der Waals surface area contributed by atoms with Gasteiger partial charge >= 0.3 is 0 Å². The van der Waals surface area contributed by atoms with Crippen molar-refractivity contribution in [1.29, 1.82) is 0 Å². The van der Waals surface area contributed by atoms with Crippen molar-refractivity contribution in [1.82, 2.24) is 10.3 Å². The average Bonchev–Trinajstić information content (AvgIpc) is 2.79. The number of aromatic nitrogens is 1. The van der Waals surface area contributed by atoms with E-state index in [0.29, 0.717) is 12.5 Å². The third-order valence-corrected chi connectivity index (χ3v) is 2.81. The van der Waals surface area contributed by atoms with Gasteiger partial charge < -0.3 is 16.0 Å². The Morgan fingerprint density at radius 3 is 2.95 bits per heavy atom. The molecule has 0 aliphatic rings. The summed E-state index contributed by atoms with van der Waals surface area (Å²) >= 11 is 0. The van der Waals surface area contributed by atoms with Crippen LogP contribution in [-0.2, 0) is 6.42 Å². The lowest BCUT2D eigenvalue weighted by atomic mass is 10.2. The van der Waals surface area contributed by atoms with Gasteiger partial charge in [0, 0.05) is 24.2 Å². The van der Waals surface area contributed by atoms with Crippen LogP contribution in [0.2, 0.25) is 0 Å². The van der Waals surface area contributed by atoms with Crippen molar-refractivity contribution >= 4 is 16.9 Å². The van der Waals surface area contributed by atoms with Gasteiger partial charge in [-0.25, -0.2) is 4.99 Å². The van der Waals surface area contributed by atoms with Crippen LogP contribution in [0.3, 0.4) is 0 Å². The Labute approximate surface area is 113 Å². The van der Waals surface area contributed by atoms with E-state index in [1.165, 1.54) is 16.6 Å². The van der Waals surface area contributed by atoms with Crippen molar-refractivity contribution < 1.29 is 0 Å². The molecule has 0 aliphatic carbocycles. The quantitative estimate of drug-likeness (QED) is 0.436. The zero-order valence-electron chi connectivity index (χ0n) is 11.2. The number of nitrogens with one attached hydrogen (secondary N) is 2. The van der Waals surface area contributed by atoms with Crippen molar-refractivity contribution in [3.63, 3.8) is 0 Å². The van der Waals surface area contributed by atoms with Gasteiger partial charge in [-0.05, 0) is 24.4 Å². The molecule has 0 radical (unpaired) electrons. The van der Waals surface area contributed by atoms with Crippen molar-refractivity contribution in [3.8, 4) is 0 Å². The van der Waals surface area contributed by atoms with Gasteiger partial charge in [0.2, 0.25) is 0 Å². The second-order valence-corrected chi connectivity index (χ2v) is 4.72. The summed E-state index contributed by atoms with van der Waals surface area (Å²) < 4.78 is 0. The molecule has 100 valence electrons. The highest BCUT2D eigenvalue weighted by Crippen LogP contribution is 2.14. The smallest absolute Gasteiger partial charge is 0.188 e. The van der Waals surface area contributed by atoms with Gasteiger partial charge in [-0.2, -0.15) is 0 Å². The predicted molar refractivity (Wildman–Crippen MR) is 81.3 cm³/mol. The number of para-hydroxylation sites is 1. The normalized spacial score (nSPS) is 11.7. The van der Waals surface area contributed by atoms with Gasteiger partial charge in [0.15, 0.2) is 5.96 Å². The highest BCUT2D eigenvalue weighted by atomic mass is 15.1. The summed E-state index contributed by atoms with van der Waals surface area (Å²) in [4.78, 5) is 7.56. The summed E-state index contributed by atoms with van der Waals surface area (Å²) in [5.41, 5.74) is 9.11. The van der Waals surface area contributed by atoms with E-state index in [4.69, 9.17) is 5.73 Å². The van der Waals surface area contributed by atoms with E-state index >= 15 is 0 Å². The number of aliphatic imine (C=N–C) groups is 1. The minimum Gasteiger partial charge on any atom is -0.370 e. The molecule has 1 aromatic carbocycles. The van der Waals surface area contributed by atoms with Gasteiger partial charge in [0.05, 0.1) is 6.54 Å². The number of hydrogen-bond acceptors (Lipinski definition) is 1. The van der Waals surface area contributed by atoms with Gasteiger partial charge in [0.1, 0.15) is 0 Å². The van der Waals surface area contributed by atoms with E-state index in [1.54, 1.807) is 0 Å². The molecule has 0 unspecified atom stereocenters. The molecule has 0 amide bonds. The van der Waals surface area contributed by atoms with E-state index < -0.39 is 0 Å². The van der Waals surface area contributed by atoms with Gasteiger partial charge in [-0.15, -0.1) is 0 Å². The summed E-state index contributed by atoms with van der Waals surface area (Å²) in [7, 11) is 0. The van der Waals surface area contributed by atoms with E-state index in [0.717, 1.165) is 18.5 Å². The van der Waals surface area contributed by atoms with Crippen molar-refractivity contribution in [2.24, 2.45) is 10.7 Å². The largest absolute Gasteiger partial charge is 0.370 e. The lowest BCUT2D eigenvalue weighted by Crippen LogP contribution is -2.33. The fourth-order valence-electron chi connectivity index (χ4n) is 1.87. The summed E-state index contributed by atoms with van der Waals surface area (Å²) in [6, 6.07) is 10.4. The molecule has 0 bridgehead atoms. The molecule has 4 nitrogen and oxygen atoms in total. The van der Waals surface area contributed by atoms with Crippen molar-refractivity contribution in [2.45, 2.75) is 13.3 Å². The molecule has 4 N–H and O–H groups in total. The summed E-state index contributed by atoms with van der Waals surface area (Å²) in [5, 5.41) is 4.33. The third kappa shape index (κ3) is 3.88. The van der Waals surface area contributed by atoms with E-state index in [2.05, 4.69) is 40.1 Å². The minimum atomic E-state index is 0.471. The van der Waals surface area contributed by atoms with E-state index in [9.17, 15) is 0 Å². The summed E-state index contributed by atoms with van der Waals surface area (Å²) in [6.07, 6.45) is 0.887. The zero-order valence-corrected chi connectivity index (χ0v) is 11.2. The first-order chi connectivity index (χ1) is 9.15. The zero-order chi connectivity index (χ0) is 13.7. The Hall–Kier alpha value is -2.23. The van der Waals surface area contributed by atoms with Crippen LogP contribution in [0.15, 0.2) is 47.5 Å². The van der Waals surface area contributed by atoms with Gasteiger partial charge in [-0.3, -0.25) is 0 Å². The number of rotatable bonds is 5. The van der Waals surface area contributed by atoms with E-state index in [-0.39, 0.29) is 0 Å². The highest BCUT2D eigenvalue weighted by molar-refractivity contribution is 5.80. The first kappa shape index (κ1) is 13.2. The number of aromatic amines is 1. The van der Waals surface area contributed by atoms with Crippen LogP contribution in [0.25, 0.3) is 10.9 Å². The fraction of sp³-hybridized carbons (Fsp3) is 0.267. The molecule has 4 heteroatoms. The summed E-state index contributed by atoms with van der Waals surface area (Å²) in [5.74, 6) is 0.471. The maximum atomic E-state index is 5.75. The molecule has 2 aromatic rings. The highest BCUT2D eigenvalue weighted by Gasteiger charge is 2.00. The van der Waals surface area contributed by atoms with Crippen LogP contribution >= 0.6 is 0 Å². The first-order valence-corrected chi connectivity index (χ1v) is 6.40. The molecule has 19 heavy (non-hydrogen) atoms. The molecule has 0 saturated heterocycles. The minimum absolute atomic E-state index is 0.471. The van der Waals surface area contributed by atoms with Crippen LogP contribution < -0.4 is 11.1 Å². The fourth-order valence-corrected chi connectivity index (χ4v) is 1.87. The number of guanidine groups is 1. The van der Waals surface area contributed by atoms with Gasteiger partial charge in [-0.1, -0.05) is 30.4 Å². The molecule has 0 atom stereocenters. The molecule has 0 fully saturated rings. The van der Waals surface area contributed by atoms with E-state index in [1.807, 2.05) is 19.1 Å². The van der Waals surface area contributed by atoms with Crippen molar-refractivity contribution in [2.75, 3.05) is 13.1 Å².